The van der Waals surface area contributed by atoms with E-state index in [0.717, 1.165) is 5.56 Å². The second-order valence-corrected chi connectivity index (χ2v) is 4.69. The van der Waals surface area contributed by atoms with E-state index in [9.17, 15) is 9.59 Å². The molecule has 1 amide bonds. The van der Waals surface area contributed by atoms with Crippen molar-refractivity contribution in [2.24, 2.45) is 5.92 Å². The largest absolute Gasteiger partial charge is 0.469 e. The lowest BCUT2D eigenvalue weighted by molar-refractivity contribution is -0.145. The predicted molar refractivity (Wildman–Crippen MR) is 66.7 cm³/mol. The predicted octanol–water partition coefficient (Wildman–Crippen LogP) is 1.52. The lowest BCUT2D eigenvalue weighted by Gasteiger charge is -2.16. The Morgan fingerprint density at radius 3 is 2.94 bits per heavy atom. The first-order valence-electron chi connectivity index (χ1n) is 6.01. The van der Waals surface area contributed by atoms with Crippen molar-refractivity contribution in [2.75, 3.05) is 13.7 Å². The minimum atomic E-state index is -0.313. The highest BCUT2D eigenvalue weighted by Crippen LogP contribution is 2.21. The van der Waals surface area contributed by atoms with Gasteiger partial charge in [-0.3, -0.25) is 9.59 Å². The Labute approximate surface area is 107 Å². The van der Waals surface area contributed by atoms with E-state index in [1.54, 1.807) is 4.90 Å². The number of rotatable bonds is 3. The SMILES string of the molecule is COC(=O)C1CC(=O)N(Cc2cccc(C)c2)C1. The smallest absolute Gasteiger partial charge is 0.310 e. The number of esters is 1. The number of benzene rings is 1. The molecule has 0 spiro atoms. The van der Waals surface area contributed by atoms with E-state index in [1.165, 1.54) is 12.7 Å². The Morgan fingerprint density at radius 2 is 2.28 bits per heavy atom. The van der Waals surface area contributed by atoms with Gasteiger partial charge in [-0.25, -0.2) is 0 Å². The zero-order valence-corrected chi connectivity index (χ0v) is 10.7. The number of methoxy groups -OCH3 is 1. The molecule has 1 fully saturated rings. The number of aryl methyl sites for hydroxylation is 1. The van der Waals surface area contributed by atoms with E-state index in [2.05, 4.69) is 10.8 Å². The third-order valence-electron chi connectivity index (χ3n) is 3.20. The number of amides is 1. The minimum Gasteiger partial charge on any atom is -0.469 e. The van der Waals surface area contributed by atoms with Crippen LogP contribution in [0.15, 0.2) is 24.3 Å². The molecule has 96 valence electrons. The van der Waals surface area contributed by atoms with Gasteiger partial charge in [0.2, 0.25) is 5.91 Å². The molecule has 1 aromatic carbocycles. The summed E-state index contributed by atoms with van der Waals surface area (Å²) in [6.45, 7) is 3.04. The minimum absolute atomic E-state index is 0.0203. The van der Waals surface area contributed by atoms with Crippen molar-refractivity contribution in [1.82, 2.24) is 4.90 Å². The lowest BCUT2D eigenvalue weighted by atomic mass is 10.1. The van der Waals surface area contributed by atoms with E-state index in [1.807, 2.05) is 25.1 Å². The van der Waals surface area contributed by atoms with Crippen LogP contribution in [-0.4, -0.2) is 30.4 Å². The van der Waals surface area contributed by atoms with E-state index in [4.69, 9.17) is 0 Å². The highest BCUT2D eigenvalue weighted by molar-refractivity contribution is 5.86. The first kappa shape index (κ1) is 12.6. The molecule has 1 heterocycles. The van der Waals surface area contributed by atoms with Crippen molar-refractivity contribution < 1.29 is 14.3 Å². The summed E-state index contributed by atoms with van der Waals surface area (Å²) in [5.41, 5.74) is 2.26. The summed E-state index contributed by atoms with van der Waals surface area (Å²) in [5, 5.41) is 0. The van der Waals surface area contributed by atoms with E-state index >= 15 is 0 Å². The van der Waals surface area contributed by atoms with Gasteiger partial charge in [-0.1, -0.05) is 29.8 Å². The van der Waals surface area contributed by atoms with Gasteiger partial charge in [0.05, 0.1) is 13.0 Å². The number of nitrogens with zero attached hydrogens (tertiary/aromatic N) is 1. The van der Waals surface area contributed by atoms with Crippen molar-refractivity contribution in [3.8, 4) is 0 Å². The van der Waals surface area contributed by atoms with Gasteiger partial charge in [-0.15, -0.1) is 0 Å². The van der Waals surface area contributed by atoms with Crippen molar-refractivity contribution in [2.45, 2.75) is 19.9 Å². The van der Waals surface area contributed by atoms with Gasteiger partial charge >= 0.3 is 5.97 Å². The fourth-order valence-corrected chi connectivity index (χ4v) is 2.28. The number of carbonyl (C=O) groups is 2. The van der Waals surface area contributed by atoms with Crippen LogP contribution in [-0.2, 0) is 20.9 Å². The number of hydrogen-bond donors (Lipinski definition) is 0. The summed E-state index contributed by atoms with van der Waals surface area (Å²) in [6, 6.07) is 8.04. The van der Waals surface area contributed by atoms with Crippen LogP contribution in [0, 0.1) is 12.8 Å². The van der Waals surface area contributed by atoms with Crippen molar-refractivity contribution >= 4 is 11.9 Å². The summed E-state index contributed by atoms with van der Waals surface area (Å²) >= 11 is 0. The molecule has 1 aromatic rings. The van der Waals surface area contributed by atoms with Crippen molar-refractivity contribution in [1.29, 1.82) is 0 Å². The molecular weight excluding hydrogens is 230 g/mol. The monoisotopic (exact) mass is 247 g/mol. The average Bonchev–Trinajstić information content (AvgIpc) is 2.70. The first-order valence-corrected chi connectivity index (χ1v) is 6.01. The Morgan fingerprint density at radius 1 is 1.50 bits per heavy atom. The van der Waals surface area contributed by atoms with Gasteiger partial charge in [0, 0.05) is 19.5 Å². The number of likely N-dealkylation sites (tertiary alicyclic amines) is 1. The van der Waals surface area contributed by atoms with E-state index < -0.39 is 0 Å². The molecule has 0 aliphatic carbocycles. The van der Waals surface area contributed by atoms with Crippen LogP contribution < -0.4 is 0 Å². The van der Waals surface area contributed by atoms with Crippen LogP contribution in [0.25, 0.3) is 0 Å². The van der Waals surface area contributed by atoms with Crippen LogP contribution in [0.5, 0.6) is 0 Å². The number of ether oxygens (including phenoxy) is 1. The molecule has 0 bridgehead atoms. The fourth-order valence-electron chi connectivity index (χ4n) is 2.28. The molecule has 1 saturated heterocycles. The van der Waals surface area contributed by atoms with Crippen molar-refractivity contribution in [3.63, 3.8) is 0 Å². The van der Waals surface area contributed by atoms with Crippen LogP contribution in [0.2, 0.25) is 0 Å². The maximum absolute atomic E-state index is 11.8. The standard InChI is InChI=1S/C14H17NO3/c1-10-4-3-5-11(6-10)8-15-9-12(7-13(15)16)14(17)18-2/h3-6,12H,7-9H2,1-2H3. The molecule has 0 saturated carbocycles. The molecule has 4 heteroatoms. The van der Waals surface area contributed by atoms with Crippen LogP contribution in [0.1, 0.15) is 17.5 Å². The van der Waals surface area contributed by atoms with Crippen molar-refractivity contribution in [3.05, 3.63) is 35.4 Å². The Hall–Kier alpha value is -1.84. The average molecular weight is 247 g/mol. The van der Waals surface area contributed by atoms with Gasteiger partial charge in [0.25, 0.3) is 0 Å². The molecule has 0 N–H and O–H groups in total. The molecule has 1 atom stereocenters. The van der Waals surface area contributed by atoms with Crippen LogP contribution in [0.3, 0.4) is 0 Å². The molecule has 1 aliphatic heterocycles. The third kappa shape index (κ3) is 2.70. The maximum atomic E-state index is 11.8. The molecule has 0 aromatic heterocycles. The number of hydrogen-bond acceptors (Lipinski definition) is 3. The molecule has 0 radical (unpaired) electrons. The zero-order chi connectivity index (χ0) is 13.1. The van der Waals surface area contributed by atoms with E-state index in [0.29, 0.717) is 13.1 Å². The molecule has 18 heavy (non-hydrogen) atoms. The summed E-state index contributed by atoms with van der Waals surface area (Å²) in [4.78, 5) is 24.9. The Kier molecular flexibility index (Phi) is 3.65. The lowest BCUT2D eigenvalue weighted by Crippen LogP contribution is -2.26. The fraction of sp³-hybridized carbons (Fsp3) is 0.429. The Balaban J connectivity index is 2.02. The molecule has 2 rings (SSSR count). The first-order chi connectivity index (χ1) is 8.60. The summed E-state index contributed by atoms with van der Waals surface area (Å²) in [6.07, 6.45) is 0.262. The van der Waals surface area contributed by atoms with Gasteiger partial charge in [0.1, 0.15) is 0 Å². The molecule has 1 aliphatic rings. The zero-order valence-electron chi connectivity index (χ0n) is 10.7. The van der Waals surface area contributed by atoms with Gasteiger partial charge in [0.15, 0.2) is 0 Å². The number of carbonyl (C=O) groups excluding carboxylic acids is 2. The quantitative estimate of drug-likeness (QED) is 0.761. The summed E-state index contributed by atoms with van der Waals surface area (Å²) < 4.78 is 4.68. The second kappa shape index (κ2) is 5.21. The van der Waals surface area contributed by atoms with Gasteiger partial charge in [-0.2, -0.15) is 0 Å². The van der Waals surface area contributed by atoms with Crippen LogP contribution >= 0.6 is 0 Å². The Bertz CT molecular complexity index is 470. The molecule has 4 nitrogen and oxygen atoms in total. The summed E-state index contributed by atoms with van der Waals surface area (Å²) in [7, 11) is 1.36. The van der Waals surface area contributed by atoms with Crippen LogP contribution in [0.4, 0.5) is 0 Å². The highest BCUT2D eigenvalue weighted by Gasteiger charge is 2.34. The maximum Gasteiger partial charge on any atom is 0.310 e. The molecule has 1 unspecified atom stereocenters. The summed E-state index contributed by atoms with van der Waals surface area (Å²) in [5.74, 6) is -0.589. The highest BCUT2D eigenvalue weighted by atomic mass is 16.5. The second-order valence-electron chi connectivity index (χ2n) is 4.69. The van der Waals surface area contributed by atoms with E-state index in [-0.39, 0.29) is 24.2 Å². The van der Waals surface area contributed by atoms with Gasteiger partial charge < -0.3 is 9.64 Å². The van der Waals surface area contributed by atoms with Gasteiger partial charge in [-0.05, 0) is 12.5 Å². The topological polar surface area (TPSA) is 46.6 Å². The normalized spacial score (nSPS) is 19.1. The molecular formula is C14H17NO3. The third-order valence-corrected chi connectivity index (χ3v) is 3.20.